The molecule has 1 amide bonds. The molecular weight excluding hydrogens is 240 g/mol. The summed E-state index contributed by atoms with van der Waals surface area (Å²) >= 11 is 0. The third-order valence-electron chi connectivity index (χ3n) is 3.04. The second-order valence-electron chi connectivity index (χ2n) is 4.31. The molecule has 3 rings (SSSR count). The number of amides is 1. The lowest BCUT2D eigenvalue weighted by molar-refractivity contribution is -0.110. The van der Waals surface area contributed by atoms with E-state index in [1.165, 1.54) is 0 Å². The second-order valence-corrected chi connectivity index (χ2v) is 4.31. The molecule has 5 N–H and O–H groups in total. The number of nitrogen functional groups attached to an aromatic ring is 1. The summed E-state index contributed by atoms with van der Waals surface area (Å²) in [6.45, 7) is 0. The number of H-pyrrole nitrogens is 1. The Morgan fingerprint density at radius 3 is 2.84 bits per heavy atom. The number of nitrogens with two attached hydrogens (primary N) is 1. The number of hydrogen-bond donors (Lipinski definition) is 4. The standard InChI is InChI=1S/C14H12N4O/c15-13(16)8-3-4-12-10(6-8)11(14(19)18-12)7-9-2-1-5-17-9/h1-7,17H,(H3,15,16)(H,18,19). The quantitative estimate of drug-likeness (QED) is 0.372. The van der Waals surface area contributed by atoms with Crippen molar-refractivity contribution in [1.29, 1.82) is 5.41 Å². The first-order valence-corrected chi connectivity index (χ1v) is 5.80. The van der Waals surface area contributed by atoms with E-state index in [-0.39, 0.29) is 11.7 Å². The lowest BCUT2D eigenvalue weighted by Gasteiger charge is -2.02. The predicted octanol–water partition coefficient (Wildman–Crippen LogP) is 1.79. The minimum atomic E-state index is -0.148. The van der Waals surface area contributed by atoms with Crippen molar-refractivity contribution in [3.05, 3.63) is 53.3 Å². The second kappa shape index (κ2) is 4.13. The maximum absolute atomic E-state index is 12.0. The smallest absolute Gasteiger partial charge is 0.256 e. The number of carbonyl (C=O) groups is 1. The molecule has 0 radical (unpaired) electrons. The van der Waals surface area contributed by atoms with Crippen molar-refractivity contribution in [2.75, 3.05) is 5.32 Å². The molecule has 0 unspecified atom stereocenters. The summed E-state index contributed by atoms with van der Waals surface area (Å²) in [7, 11) is 0. The molecule has 2 aromatic rings. The predicted molar refractivity (Wildman–Crippen MR) is 74.8 cm³/mol. The SMILES string of the molecule is N=C(N)c1ccc2c(c1)C(=Cc1ccc[nH]1)C(=O)N2. The van der Waals surface area contributed by atoms with Crippen molar-refractivity contribution in [1.82, 2.24) is 4.98 Å². The van der Waals surface area contributed by atoms with Gasteiger partial charge in [0.05, 0.1) is 5.57 Å². The maximum Gasteiger partial charge on any atom is 0.256 e. The molecule has 5 heteroatoms. The summed E-state index contributed by atoms with van der Waals surface area (Å²) < 4.78 is 0. The fourth-order valence-corrected chi connectivity index (χ4v) is 2.09. The van der Waals surface area contributed by atoms with E-state index in [1.54, 1.807) is 30.5 Å². The molecule has 5 nitrogen and oxygen atoms in total. The molecule has 1 aliphatic rings. The highest BCUT2D eigenvalue weighted by Gasteiger charge is 2.24. The molecule has 1 aromatic heterocycles. The van der Waals surface area contributed by atoms with Crippen LogP contribution >= 0.6 is 0 Å². The van der Waals surface area contributed by atoms with E-state index in [4.69, 9.17) is 11.1 Å². The summed E-state index contributed by atoms with van der Waals surface area (Å²) in [5.41, 5.74) is 9.02. The number of amidine groups is 1. The Bertz CT molecular complexity index is 698. The van der Waals surface area contributed by atoms with Crippen LogP contribution in [0.5, 0.6) is 0 Å². The molecule has 1 aromatic carbocycles. The van der Waals surface area contributed by atoms with Crippen LogP contribution in [0.2, 0.25) is 0 Å². The molecule has 0 aliphatic carbocycles. The van der Waals surface area contributed by atoms with Gasteiger partial charge in [-0.15, -0.1) is 0 Å². The van der Waals surface area contributed by atoms with Crippen LogP contribution in [0.25, 0.3) is 11.6 Å². The number of nitrogens with one attached hydrogen (secondary N) is 3. The van der Waals surface area contributed by atoms with Gasteiger partial charge in [-0.3, -0.25) is 10.2 Å². The Morgan fingerprint density at radius 1 is 1.32 bits per heavy atom. The molecule has 0 spiro atoms. The molecule has 19 heavy (non-hydrogen) atoms. The Kier molecular flexibility index (Phi) is 2.45. The van der Waals surface area contributed by atoms with Gasteiger partial charge in [-0.25, -0.2) is 0 Å². The number of benzene rings is 1. The molecule has 2 heterocycles. The molecule has 0 bridgehead atoms. The van der Waals surface area contributed by atoms with Crippen LogP contribution < -0.4 is 11.1 Å². The lowest BCUT2D eigenvalue weighted by Crippen LogP contribution is -2.10. The normalized spacial score (nSPS) is 15.4. The monoisotopic (exact) mass is 252 g/mol. The van der Waals surface area contributed by atoms with Gasteiger partial charge < -0.3 is 16.0 Å². The van der Waals surface area contributed by atoms with E-state index in [0.29, 0.717) is 11.1 Å². The van der Waals surface area contributed by atoms with Crippen LogP contribution in [0.4, 0.5) is 5.69 Å². The zero-order valence-electron chi connectivity index (χ0n) is 10.0. The zero-order valence-corrected chi connectivity index (χ0v) is 10.0. The van der Waals surface area contributed by atoms with E-state index in [1.807, 2.05) is 12.1 Å². The molecule has 94 valence electrons. The highest BCUT2D eigenvalue weighted by atomic mass is 16.2. The summed E-state index contributed by atoms with van der Waals surface area (Å²) in [6, 6.07) is 8.99. The van der Waals surface area contributed by atoms with Gasteiger partial charge in [0.2, 0.25) is 0 Å². The van der Waals surface area contributed by atoms with Gasteiger partial charge in [-0.05, 0) is 36.4 Å². The first kappa shape index (κ1) is 11.3. The molecule has 0 saturated carbocycles. The number of anilines is 1. The van der Waals surface area contributed by atoms with E-state index < -0.39 is 0 Å². The van der Waals surface area contributed by atoms with Gasteiger partial charge in [0.25, 0.3) is 5.91 Å². The van der Waals surface area contributed by atoms with Crippen molar-refractivity contribution in [2.45, 2.75) is 0 Å². The van der Waals surface area contributed by atoms with Crippen molar-refractivity contribution >= 4 is 29.1 Å². The fourth-order valence-electron chi connectivity index (χ4n) is 2.09. The Hall–Kier alpha value is -2.82. The van der Waals surface area contributed by atoms with Crippen molar-refractivity contribution in [3.63, 3.8) is 0 Å². The van der Waals surface area contributed by atoms with Crippen LogP contribution in [0.1, 0.15) is 16.8 Å². The van der Waals surface area contributed by atoms with Crippen LogP contribution in [0.15, 0.2) is 36.5 Å². The highest BCUT2D eigenvalue weighted by Crippen LogP contribution is 2.33. The summed E-state index contributed by atoms with van der Waals surface area (Å²) in [5, 5.41) is 10.3. The number of carbonyl (C=O) groups excluding carboxylic acids is 1. The Labute approximate surface area is 109 Å². The number of hydrogen-bond acceptors (Lipinski definition) is 2. The number of fused-ring (bicyclic) bond motifs is 1. The molecule has 0 saturated heterocycles. The van der Waals surface area contributed by atoms with E-state index in [2.05, 4.69) is 10.3 Å². The first-order chi connectivity index (χ1) is 9.15. The zero-order chi connectivity index (χ0) is 13.4. The average molecular weight is 252 g/mol. The van der Waals surface area contributed by atoms with E-state index >= 15 is 0 Å². The largest absolute Gasteiger partial charge is 0.384 e. The molecule has 0 fully saturated rings. The van der Waals surface area contributed by atoms with Gasteiger partial charge in [0.1, 0.15) is 5.84 Å². The van der Waals surface area contributed by atoms with E-state index in [9.17, 15) is 4.79 Å². The minimum absolute atomic E-state index is 0.0126. The topological polar surface area (TPSA) is 94.8 Å². The van der Waals surface area contributed by atoms with Crippen LogP contribution in [0, 0.1) is 5.41 Å². The van der Waals surface area contributed by atoms with Crippen LogP contribution in [-0.2, 0) is 4.79 Å². The van der Waals surface area contributed by atoms with E-state index in [0.717, 1.165) is 16.9 Å². The van der Waals surface area contributed by atoms with Crippen LogP contribution in [0.3, 0.4) is 0 Å². The molecular formula is C14H12N4O. The highest BCUT2D eigenvalue weighted by molar-refractivity contribution is 6.35. The molecule has 1 aliphatic heterocycles. The third-order valence-corrected chi connectivity index (χ3v) is 3.04. The first-order valence-electron chi connectivity index (χ1n) is 5.80. The summed E-state index contributed by atoms with van der Waals surface area (Å²) in [4.78, 5) is 15.0. The van der Waals surface area contributed by atoms with Crippen molar-refractivity contribution in [2.24, 2.45) is 5.73 Å². The Balaban J connectivity index is 2.12. The van der Waals surface area contributed by atoms with Crippen LogP contribution in [-0.4, -0.2) is 16.7 Å². The number of aromatic nitrogens is 1. The fraction of sp³-hybridized carbons (Fsp3) is 0. The number of rotatable bonds is 2. The lowest BCUT2D eigenvalue weighted by atomic mass is 10.0. The number of aromatic amines is 1. The van der Waals surface area contributed by atoms with Gasteiger partial charge in [0, 0.05) is 28.7 Å². The van der Waals surface area contributed by atoms with Crippen molar-refractivity contribution in [3.8, 4) is 0 Å². The van der Waals surface area contributed by atoms with Gasteiger partial charge in [-0.1, -0.05) is 0 Å². The maximum atomic E-state index is 12.0. The molecule has 0 atom stereocenters. The van der Waals surface area contributed by atoms with Crippen molar-refractivity contribution < 1.29 is 4.79 Å². The van der Waals surface area contributed by atoms with Gasteiger partial charge >= 0.3 is 0 Å². The van der Waals surface area contributed by atoms with Gasteiger partial charge in [-0.2, -0.15) is 0 Å². The Morgan fingerprint density at radius 2 is 2.16 bits per heavy atom. The third kappa shape index (κ3) is 1.91. The average Bonchev–Trinajstić information content (AvgIpc) is 2.98. The summed E-state index contributed by atoms with van der Waals surface area (Å²) in [6.07, 6.45) is 3.58. The minimum Gasteiger partial charge on any atom is -0.384 e. The van der Waals surface area contributed by atoms with Gasteiger partial charge in [0.15, 0.2) is 0 Å². The summed E-state index contributed by atoms with van der Waals surface area (Å²) in [5.74, 6) is -0.160.